The Morgan fingerprint density at radius 3 is 1.86 bits per heavy atom. The van der Waals surface area contributed by atoms with E-state index in [1.54, 1.807) is 0 Å². The van der Waals surface area contributed by atoms with Gasteiger partial charge in [0.05, 0.1) is 22.8 Å². The molecule has 0 radical (unpaired) electrons. The van der Waals surface area contributed by atoms with Crippen molar-refractivity contribution in [3.05, 3.63) is 215 Å². The van der Waals surface area contributed by atoms with E-state index in [2.05, 4.69) is 151 Å². The number of nitrogens with zero attached hydrogens (tertiary/aromatic N) is 2. The van der Waals surface area contributed by atoms with Crippen LogP contribution in [0.5, 0.6) is 11.5 Å². The van der Waals surface area contributed by atoms with Crippen LogP contribution in [-0.4, -0.2) is 10.8 Å². The quantitative estimate of drug-likeness (QED) is 0.208. The van der Waals surface area contributed by atoms with E-state index >= 15 is 0 Å². The molecule has 0 fully saturated rings. The minimum atomic E-state index is -0.639. The Bertz CT molecular complexity index is 2440. The van der Waals surface area contributed by atoms with Gasteiger partial charge in [0, 0.05) is 34.0 Å². The number of para-hydroxylation sites is 2. The number of hydrogen-bond donors (Lipinski definition) is 1. The first-order chi connectivity index (χ1) is 24.8. The SMILES string of the molecule is C1=C(c2ccc3c(c2)C2(c4ccccc4Oc4ccccc42)c2ncccc2-3)N=C(c2ccccc2)NC1c1ccc(-c2ccccc2)cc1. The largest absolute Gasteiger partial charge is 0.457 e. The number of nitrogens with one attached hydrogen (secondary N) is 1. The van der Waals surface area contributed by atoms with Gasteiger partial charge in [-0.25, -0.2) is 4.99 Å². The van der Waals surface area contributed by atoms with Crippen molar-refractivity contribution in [3.63, 3.8) is 0 Å². The Morgan fingerprint density at radius 1 is 0.520 bits per heavy atom. The van der Waals surface area contributed by atoms with E-state index in [9.17, 15) is 0 Å². The molecule has 3 aliphatic rings. The summed E-state index contributed by atoms with van der Waals surface area (Å²) in [5.41, 5.74) is 12.7. The molecule has 1 unspecified atom stereocenters. The van der Waals surface area contributed by atoms with E-state index in [1.165, 1.54) is 27.8 Å². The van der Waals surface area contributed by atoms with Crippen molar-refractivity contribution < 1.29 is 4.74 Å². The number of aromatic nitrogens is 1. The fourth-order valence-corrected chi connectivity index (χ4v) is 7.97. The predicted octanol–water partition coefficient (Wildman–Crippen LogP) is 10.3. The van der Waals surface area contributed by atoms with Gasteiger partial charge in [0.15, 0.2) is 0 Å². The lowest BCUT2D eigenvalue weighted by molar-refractivity contribution is 0.434. The zero-order valence-corrected chi connectivity index (χ0v) is 27.1. The summed E-state index contributed by atoms with van der Waals surface area (Å²) in [6, 6.07) is 57.5. The highest BCUT2D eigenvalue weighted by Crippen LogP contribution is 2.61. The van der Waals surface area contributed by atoms with Crippen molar-refractivity contribution in [2.24, 2.45) is 4.99 Å². The predicted molar refractivity (Wildman–Crippen MR) is 200 cm³/mol. The normalized spacial score (nSPS) is 16.1. The average molecular weight is 642 g/mol. The molecule has 6 aromatic carbocycles. The van der Waals surface area contributed by atoms with Gasteiger partial charge in [-0.15, -0.1) is 0 Å². The van der Waals surface area contributed by atoms with E-state index in [0.29, 0.717) is 0 Å². The number of aliphatic imine (C=N–C) groups is 1. The van der Waals surface area contributed by atoms with Gasteiger partial charge in [0.1, 0.15) is 17.3 Å². The summed E-state index contributed by atoms with van der Waals surface area (Å²) in [7, 11) is 0. The summed E-state index contributed by atoms with van der Waals surface area (Å²) >= 11 is 0. The van der Waals surface area contributed by atoms with Gasteiger partial charge in [-0.1, -0.05) is 140 Å². The van der Waals surface area contributed by atoms with E-state index in [-0.39, 0.29) is 6.04 Å². The molecule has 1 aromatic heterocycles. The Hall–Kier alpha value is -6.52. The number of rotatable bonds is 4. The molecule has 0 saturated heterocycles. The van der Waals surface area contributed by atoms with Crippen molar-refractivity contribution in [2.75, 3.05) is 0 Å². The van der Waals surface area contributed by atoms with Crippen LogP contribution in [-0.2, 0) is 5.41 Å². The van der Waals surface area contributed by atoms with Crippen LogP contribution in [0.4, 0.5) is 0 Å². The molecule has 7 aromatic rings. The molecule has 0 saturated carbocycles. The summed E-state index contributed by atoms with van der Waals surface area (Å²) in [5, 5.41) is 3.74. The number of ether oxygens (including phenoxy) is 1. The zero-order valence-electron chi connectivity index (χ0n) is 27.1. The Balaban J connectivity index is 1.16. The average Bonchev–Trinajstić information content (AvgIpc) is 3.48. The minimum absolute atomic E-state index is 0.0758. The van der Waals surface area contributed by atoms with Crippen molar-refractivity contribution in [2.45, 2.75) is 11.5 Å². The highest BCUT2D eigenvalue weighted by molar-refractivity contribution is 6.03. The van der Waals surface area contributed by atoms with Gasteiger partial charge in [-0.2, -0.15) is 0 Å². The van der Waals surface area contributed by atoms with Gasteiger partial charge in [0.25, 0.3) is 0 Å². The standard InChI is InChI=1S/C46H31N3O/c1-3-12-30(13-4-1)31-21-23-32(24-22-31)40-29-41(49-45(48-40)33-14-5-2-6-15-33)34-25-26-35-36-16-11-27-47-44(36)46(39(35)28-34)37-17-7-9-19-42(37)50-43-20-10-8-18-38(43)46/h1-29,40H,(H,48,49). The van der Waals surface area contributed by atoms with Crippen LogP contribution in [0, 0.1) is 0 Å². The minimum Gasteiger partial charge on any atom is -0.457 e. The molecule has 1 N–H and O–H groups in total. The lowest BCUT2D eigenvalue weighted by Gasteiger charge is -2.38. The highest BCUT2D eigenvalue weighted by Gasteiger charge is 2.52. The van der Waals surface area contributed by atoms with Crippen LogP contribution >= 0.6 is 0 Å². The van der Waals surface area contributed by atoms with Crippen LogP contribution in [0.15, 0.2) is 181 Å². The third-order valence-corrected chi connectivity index (χ3v) is 10.2. The van der Waals surface area contributed by atoms with Crippen LogP contribution < -0.4 is 10.1 Å². The lowest BCUT2D eigenvalue weighted by atomic mass is 9.67. The maximum Gasteiger partial charge on any atom is 0.134 e. The van der Waals surface area contributed by atoms with E-state index in [4.69, 9.17) is 14.7 Å². The van der Waals surface area contributed by atoms with Crippen molar-refractivity contribution >= 4 is 11.5 Å². The first kappa shape index (κ1) is 28.5. The van der Waals surface area contributed by atoms with Crippen LogP contribution in [0.3, 0.4) is 0 Å². The van der Waals surface area contributed by atoms with Gasteiger partial charge in [0.2, 0.25) is 0 Å². The van der Waals surface area contributed by atoms with Gasteiger partial charge < -0.3 is 10.1 Å². The van der Waals surface area contributed by atoms with Gasteiger partial charge in [-0.3, -0.25) is 4.98 Å². The second-order valence-corrected chi connectivity index (χ2v) is 13.0. The van der Waals surface area contributed by atoms with Gasteiger partial charge in [-0.05, 0) is 58.2 Å². The second-order valence-electron chi connectivity index (χ2n) is 13.0. The third kappa shape index (κ3) is 4.32. The molecular formula is C46H31N3O. The molecule has 3 heterocycles. The number of benzene rings is 6. The summed E-state index contributed by atoms with van der Waals surface area (Å²) in [6.45, 7) is 0. The summed E-state index contributed by atoms with van der Waals surface area (Å²) < 4.78 is 6.53. The highest BCUT2D eigenvalue weighted by atomic mass is 16.5. The molecule has 10 rings (SSSR count). The zero-order chi connectivity index (χ0) is 33.1. The van der Waals surface area contributed by atoms with E-state index < -0.39 is 5.41 Å². The molecule has 0 bridgehead atoms. The fraction of sp³-hybridized carbons (Fsp3) is 0.0435. The van der Waals surface area contributed by atoms with Crippen LogP contribution in [0.2, 0.25) is 0 Å². The molecule has 50 heavy (non-hydrogen) atoms. The number of fused-ring (bicyclic) bond motifs is 9. The number of pyridine rings is 1. The molecule has 4 heteroatoms. The maximum atomic E-state index is 6.53. The Labute approximate surface area is 291 Å². The molecule has 1 spiro atoms. The summed E-state index contributed by atoms with van der Waals surface area (Å²) in [4.78, 5) is 10.4. The Morgan fingerprint density at radius 2 is 1.14 bits per heavy atom. The smallest absolute Gasteiger partial charge is 0.134 e. The molecule has 1 atom stereocenters. The molecular weight excluding hydrogens is 611 g/mol. The summed E-state index contributed by atoms with van der Waals surface area (Å²) in [5.74, 6) is 2.55. The number of hydrogen-bond acceptors (Lipinski definition) is 4. The first-order valence-corrected chi connectivity index (χ1v) is 17.0. The summed E-state index contributed by atoms with van der Waals surface area (Å²) in [6.07, 6.45) is 4.16. The van der Waals surface area contributed by atoms with Crippen molar-refractivity contribution in [1.82, 2.24) is 10.3 Å². The number of amidine groups is 1. The van der Waals surface area contributed by atoms with Crippen LogP contribution in [0.25, 0.3) is 28.0 Å². The second kappa shape index (κ2) is 11.3. The molecule has 1 aliphatic carbocycles. The molecule has 2 aliphatic heterocycles. The van der Waals surface area contributed by atoms with Crippen LogP contribution in [0.1, 0.15) is 45.1 Å². The molecule has 0 amide bonds. The Kier molecular flexibility index (Phi) is 6.43. The molecule has 236 valence electrons. The van der Waals surface area contributed by atoms with Crippen molar-refractivity contribution in [3.8, 4) is 33.8 Å². The molecule has 4 nitrogen and oxygen atoms in total. The maximum absolute atomic E-state index is 6.53. The van der Waals surface area contributed by atoms with E-state index in [0.717, 1.165) is 56.5 Å². The monoisotopic (exact) mass is 641 g/mol. The fourth-order valence-electron chi connectivity index (χ4n) is 7.97. The van der Waals surface area contributed by atoms with E-state index in [1.807, 2.05) is 30.5 Å². The third-order valence-electron chi connectivity index (χ3n) is 10.2. The lowest BCUT2D eigenvalue weighted by Crippen LogP contribution is -2.33. The first-order valence-electron chi connectivity index (χ1n) is 17.0. The topological polar surface area (TPSA) is 46.5 Å². The van der Waals surface area contributed by atoms with Gasteiger partial charge >= 0.3 is 0 Å². The van der Waals surface area contributed by atoms with Crippen molar-refractivity contribution in [1.29, 1.82) is 0 Å².